The summed E-state index contributed by atoms with van der Waals surface area (Å²) < 4.78 is 11.1. The third kappa shape index (κ3) is 7.49. The van der Waals surface area contributed by atoms with Crippen LogP contribution in [0.4, 0.5) is 0 Å². The standard InChI is InChI=1S/C9H21ClO2Si/c1-4-11-13(12-5-2)7-6-9(3)8-10/h9,13H,4-8H2,1-3H3. The first kappa shape index (κ1) is 13.4. The third-order valence-corrected chi connectivity index (χ3v) is 4.61. The first-order valence-corrected chi connectivity index (χ1v) is 7.33. The predicted molar refractivity (Wildman–Crippen MR) is 59.7 cm³/mol. The molecule has 1 atom stereocenters. The highest BCUT2D eigenvalue weighted by molar-refractivity contribution is 6.44. The van der Waals surface area contributed by atoms with Crippen LogP contribution >= 0.6 is 11.6 Å². The fourth-order valence-corrected chi connectivity index (χ4v) is 3.25. The quantitative estimate of drug-likeness (QED) is 0.466. The molecule has 1 unspecified atom stereocenters. The van der Waals surface area contributed by atoms with E-state index in [1.807, 2.05) is 13.8 Å². The van der Waals surface area contributed by atoms with E-state index in [4.69, 9.17) is 20.5 Å². The van der Waals surface area contributed by atoms with Gasteiger partial charge in [-0.25, -0.2) is 0 Å². The Labute approximate surface area is 88.4 Å². The molecule has 0 aliphatic rings. The van der Waals surface area contributed by atoms with Crippen molar-refractivity contribution in [2.75, 3.05) is 19.1 Å². The minimum absolute atomic E-state index is 0.581. The minimum atomic E-state index is -1.36. The Morgan fingerprint density at radius 3 is 2.15 bits per heavy atom. The number of hydrogen-bond acceptors (Lipinski definition) is 2. The second-order valence-corrected chi connectivity index (χ2v) is 5.59. The molecule has 0 aliphatic heterocycles. The lowest BCUT2D eigenvalue weighted by Gasteiger charge is -2.16. The summed E-state index contributed by atoms with van der Waals surface area (Å²) in [6.45, 7) is 7.74. The zero-order valence-corrected chi connectivity index (χ0v) is 10.8. The Balaban J connectivity index is 3.55. The van der Waals surface area contributed by atoms with Crippen LogP contribution in [0.1, 0.15) is 27.2 Å². The van der Waals surface area contributed by atoms with Gasteiger partial charge in [-0.15, -0.1) is 11.6 Å². The van der Waals surface area contributed by atoms with Gasteiger partial charge in [0, 0.05) is 19.1 Å². The summed E-state index contributed by atoms with van der Waals surface area (Å²) >= 11 is 5.72. The molecule has 0 fully saturated rings. The third-order valence-electron chi connectivity index (χ3n) is 1.86. The van der Waals surface area contributed by atoms with Gasteiger partial charge < -0.3 is 8.85 Å². The lowest BCUT2D eigenvalue weighted by molar-refractivity contribution is 0.211. The maximum Gasteiger partial charge on any atom is 0.321 e. The second-order valence-electron chi connectivity index (χ2n) is 3.18. The van der Waals surface area contributed by atoms with Crippen molar-refractivity contribution < 1.29 is 8.85 Å². The zero-order valence-electron chi connectivity index (χ0n) is 8.88. The molecule has 0 saturated carbocycles. The van der Waals surface area contributed by atoms with Crippen molar-refractivity contribution >= 4 is 20.9 Å². The molecule has 13 heavy (non-hydrogen) atoms. The van der Waals surface area contributed by atoms with Crippen LogP contribution in [-0.2, 0) is 8.85 Å². The van der Waals surface area contributed by atoms with Crippen LogP contribution in [0.5, 0.6) is 0 Å². The largest absolute Gasteiger partial charge is 0.397 e. The first-order valence-electron chi connectivity index (χ1n) is 5.03. The van der Waals surface area contributed by atoms with Crippen LogP contribution in [-0.4, -0.2) is 28.4 Å². The molecule has 0 aromatic heterocycles. The van der Waals surface area contributed by atoms with Gasteiger partial charge in [0.1, 0.15) is 0 Å². The van der Waals surface area contributed by atoms with Gasteiger partial charge in [0.15, 0.2) is 0 Å². The molecule has 0 saturated heterocycles. The monoisotopic (exact) mass is 224 g/mol. The van der Waals surface area contributed by atoms with Crippen molar-refractivity contribution in [3.05, 3.63) is 0 Å². The van der Waals surface area contributed by atoms with Crippen molar-refractivity contribution in [3.63, 3.8) is 0 Å². The van der Waals surface area contributed by atoms with E-state index in [1.54, 1.807) is 0 Å². The van der Waals surface area contributed by atoms with Crippen LogP contribution in [0.25, 0.3) is 0 Å². The summed E-state index contributed by atoms with van der Waals surface area (Å²) in [6.07, 6.45) is 1.13. The lowest BCUT2D eigenvalue weighted by Crippen LogP contribution is -2.23. The molecule has 0 N–H and O–H groups in total. The number of hydrogen-bond donors (Lipinski definition) is 0. The highest BCUT2D eigenvalue weighted by Gasteiger charge is 2.13. The average molecular weight is 225 g/mol. The molecular formula is C9H21ClO2Si. The molecule has 0 bridgehead atoms. The van der Waals surface area contributed by atoms with Gasteiger partial charge >= 0.3 is 9.28 Å². The van der Waals surface area contributed by atoms with Crippen LogP contribution in [0, 0.1) is 5.92 Å². The normalized spacial score (nSPS) is 13.6. The van der Waals surface area contributed by atoms with Crippen molar-refractivity contribution in [1.82, 2.24) is 0 Å². The van der Waals surface area contributed by atoms with Crippen LogP contribution in [0.3, 0.4) is 0 Å². The summed E-state index contributed by atoms with van der Waals surface area (Å²) in [4.78, 5) is 0. The smallest absolute Gasteiger partial charge is 0.321 e. The molecule has 0 rings (SSSR count). The Hall–Kier alpha value is 0.427. The Morgan fingerprint density at radius 1 is 1.23 bits per heavy atom. The van der Waals surface area contributed by atoms with Gasteiger partial charge in [0.25, 0.3) is 0 Å². The number of rotatable bonds is 8. The van der Waals surface area contributed by atoms with E-state index in [-0.39, 0.29) is 0 Å². The molecule has 4 heteroatoms. The zero-order chi connectivity index (χ0) is 10.1. The summed E-state index contributed by atoms with van der Waals surface area (Å²) in [5.41, 5.74) is 0. The van der Waals surface area contributed by atoms with Crippen molar-refractivity contribution in [2.45, 2.75) is 33.2 Å². The number of alkyl halides is 1. The maximum atomic E-state index is 5.72. The Kier molecular flexibility index (Phi) is 9.30. The summed E-state index contributed by atoms with van der Waals surface area (Å²) in [7, 11) is -1.36. The molecule has 80 valence electrons. The van der Waals surface area contributed by atoms with Crippen LogP contribution in [0.2, 0.25) is 6.04 Å². The molecule has 0 amide bonds. The fraction of sp³-hybridized carbons (Fsp3) is 1.00. The molecule has 0 aliphatic carbocycles. The molecule has 0 heterocycles. The first-order chi connectivity index (χ1) is 6.24. The van der Waals surface area contributed by atoms with Gasteiger partial charge in [-0.1, -0.05) is 6.92 Å². The van der Waals surface area contributed by atoms with E-state index in [0.29, 0.717) is 5.92 Å². The highest BCUT2D eigenvalue weighted by Crippen LogP contribution is 2.11. The summed E-state index contributed by atoms with van der Waals surface area (Å²) in [5.74, 6) is 1.32. The molecule has 0 aromatic carbocycles. The molecule has 0 spiro atoms. The van der Waals surface area contributed by atoms with Crippen molar-refractivity contribution in [2.24, 2.45) is 5.92 Å². The van der Waals surface area contributed by atoms with E-state index in [1.165, 1.54) is 0 Å². The number of halogens is 1. The molecule has 2 nitrogen and oxygen atoms in total. The molecule has 0 aromatic rings. The SMILES string of the molecule is CCO[SiH](CCC(C)CCl)OCC. The minimum Gasteiger partial charge on any atom is -0.397 e. The summed E-state index contributed by atoms with van der Waals surface area (Å²) in [6, 6.07) is 1.08. The Morgan fingerprint density at radius 2 is 1.77 bits per heavy atom. The van der Waals surface area contributed by atoms with Crippen molar-refractivity contribution in [3.8, 4) is 0 Å². The summed E-state index contributed by atoms with van der Waals surface area (Å²) in [5, 5.41) is 0. The van der Waals surface area contributed by atoms with Crippen molar-refractivity contribution in [1.29, 1.82) is 0 Å². The highest BCUT2D eigenvalue weighted by atomic mass is 35.5. The maximum absolute atomic E-state index is 5.72. The van der Waals surface area contributed by atoms with E-state index in [0.717, 1.165) is 31.6 Å². The topological polar surface area (TPSA) is 18.5 Å². The Bertz CT molecular complexity index is 108. The van der Waals surface area contributed by atoms with Gasteiger partial charge in [0.05, 0.1) is 0 Å². The van der Waals surface area contributed by atoms with Gasteiger partial charge in [0.2, 0.25) is 0 Å². The van der Waals surface area contributed by atoms with E-state index >= 15 is 0 Å². The molecule has 0 radical (unpaired) electrons. The van der Waals surface area contributed by atoms with Crippen LogP contribution < -0.4 is 0 Å². The van der Waals surface area contributed by atoms with Gasteiger partial charge in [-0.05, 0) is 32.2 Å². The van der Waals surface area contributed by atoms with E-state index in [2.05, 4.69) is 6.92 Å². The van der Waals surface area contributed by atoms with E-state index < -0.39 is 9.28 Å². The van der Waals surface area contributed by atoms with Crippen LogP contribution in [0.15, 0.2) is 0 Å². The average Bonchev–Trinajstić information content (AvgIpc) is 2.14. The fourth-order valence-electron chi connectivity index (χ4n) is 1.08. The second kappa shape index (κ2) is 9.00. The lowest BCUT2D eigenvalue weighted by atomic mass is 10.2. The predicted octanol–water partition coefficient (Wildman–Crippen LogP) is 2.54. The molecular weight excluding hydrogens is 204 g/mol. The van der Waals surface area contributed by atoms with Gasteiger partial charge in [-0.3, -0.25) is 0 Å². The van der Waals surface area contributed by atoms with E-state index in [9.17, 15) is 0 Å². The van der Waals surface area contributed by atoms with Gasteiger partial charge in [-0.2, -0.15) is 0 Å².